The lowest BCUT2D eigenvalue weighted by molar-refractivity contribution is 0.0926. The fourth-order valence-electron chi connectivity index (χ4n) is 2.26. The maximum absolute atomic E-state index is 12.2. The minimum Gasteiger partial charge on any atom is -0.380 e. The lowest BCUT2D eigenvalue weighted by Gasteiger charge is -2.24. The zero-order valence-corrected chi connectivity index (χ0v) is 10.7. The highest BCUT2D eigenvalue weighted by Crippen LogP contribution is 2.11. The van der Waals surface area contributed by atoms with E-state index in [0.717, 1.165) is 31.5 Å². The Labute approximate surface area is 108 Å². The third-order valence-electron chi connectivity index (χ3n) is 3.19. The van der Waals surface area contributed by atoms with Crippen LogP contribution in [0.5, 0.6) is 0 Å². The van der Waals surface area contributed by atoms with Gasteiger partial charge < -0.3 is 15.4 Å². The quantitative estimate of drug-likeness (QED) is 0.845. The largest absolute Gasteiger partial charge is 0.380 e. The summed E-state index contributed by atoms with van der Waals surface area (Å²) >= 11 is 0. The number of methoxy groups -OCH3 is 1. The van der Waals surface area contributed by atoms with Crippen LogP contribution in [0.2, 0.25) is 0 Å². The average Bonchev–Trinajstić information content (AvgIpc) is 2.41. The van der Waals surface area contributed by atoms with Crippen LogP contribution in [0.25, 0.3) is 0 Å². The zero-order chi connectivity index (χ0) is 12.8. The number of ether oxygens (including phenoxy) is 1. The molecule has 1 saturated heterocycles. The number of hydrogen-bond donors (Lipinski definition) is 2. The van der Waals surface area contributed by atoms with Crippen LogP contribution in [0, 0.1) is 0 Å². The highest BCUT2D eigenvalue weighted by atomic mass is 16.5. The first kappa shape index (κ1) is 13.1. The van der Waals surface area contributed by atoms with Crippen molar-refractivity contribution in [2.24, 2.45) is 0 Å². The van der Waals surface area contributed by atoms with Gasteiger partial charge in [0, 0.05) is 25.3 Å². The van der Waals surface area contributed by atoms with Crippen LogP contribution in [0.1, 0.15) is 28.8 Å². The van der Waals surface area contributed by atoms with E-state index in [2.05, 4.69) is 10.6 Å². The summed E-state index contributed by atoms with van der Waals surface area (Å²) in [6, 6.07) is 7.82. The van der Waals surface area contributed by atoms with Gasteiger partial charge in [-0.2, -0.15) is 0 Å². The molecule has 0 radical (unpaired) electrons. The van der Waals surface area contributed by atoms with Crippen molar-refractivity contribution >= 4 is 5.91 Å². The van der Waals surface area contributed by atoms with Crippen LogP contribution >= 0.6 is 0 Å². The number of carbonyl (C=O) groups is 1. The molecule has 2 N–H and O–H groups in total. The highest BCUT2D eigenvalue weighted by Gasteiger charge is 2.17. The van der Waals surface area contributed by atoms with E-state index in [1.54, 1.807) is 7.11 Å². The molecule has 0 aromatic heterocycles. The van der Waals surface area contributed by atoms with Gasteiger partial charge in [-0.1, -0.05) is 18.2 Å². The lowest BCUT2D eigenvalue weighted by atomic mass is 10.0. The predicted molar refractivity (Wildman–Crippen MR) is 70.5 cm³/mol. The summed E-state index contributed by atoms with van der Waals surface area (Å²) in [5.41, 5.74) is 1.64. The highest BCUT2D eigenvalue weighted by molar-refractivity contribution is 5.95. The summed E-state index contributed by atoms with van der Waals surface area (Å²) in [5.74, 6) is -0.00338. The fourth-order valence-corrected chi connectivity index (χ4v) is 2.26. The minimum atomic E-state index is -0.00338. The van der Waals surface area contributed by atoms with E-state index in [4.69, 9.17) is 4.74 Å². The summed E-state index contributed by atoms with van der Waals surface area (Å²) in [4.78, 5) is 12.2. The molecule has 1 aliphatic heterocycles. The molecule has 0 aliphatic carbocycles. The Hall–Kier alpha value is -1.39. The summed E-state index contributed by atoms with van der Waals surface area (Å²) < 4.78 is 5.12. The Morgan fingerprint density at radius 1 is 1.50 bits per heavy atom. The Kier molecular flexibility index (Phi) is 4.73. The molecule has 1 aromatic rings. The second-order valence-corrected chi connectivity index (χ2v) is 4.61. The van der Waals surface area contributed by atoms with E-state index in [1.807, 2.05) is 24.3 Å². The summed E-state index contributed by atoms with van der Waals surface area (Å²) in [5, 5.41) is 6.37. The first-order valence-electron chi connectivity index (χ1n) is 6.39. The van der Waals surface area contributed by atoms with Gasteiger partial charge in [-0.25, -0.2) is 0 Å². The molecule has 1 aromatic carbocycles. The van der Waals surface area contributed by atoms with Crippen LogP contribution < -0.4 is 10.6 Å². The van der Waals surface area contributed by atoms with Crippen LogP contribution in [0.15, 0.2) is 24.3 Å². The Morgan fingerprint density at radius 2 is 2.33 bits per heavy atom. The third kappa shape index (κ3) is 3.31. The second-order valence-electron chi connectivity index (χ2n) is 4.61. The molecule has 0 bridgehead atoms. The monoisotopic (exact) mass is 248 g/mol. The first-order valence-corrected chi connectivity index (χ1v) is 6.39. The minimum absolute atomic E-state index is 0.00338. The summed E-state index contributed by atoms with van der Waals surface area (Å²) in [6.07, 6.45) is 2.16. The van der Waals surface area contributed by atoms with Gasteiger partial charge in [0.25, 0.3) is 5.91 Å². The number of piperidine rings is 1. The average molecular weight is 248 g/mol. The molecule has 4 nitrogen and oxygen atoms in total. The van der Waals surface area contributed by atoms with Gasteiger partial charge in [0.1, 0.15) is 0 Å². The van der Waals surface area contributed by atoms with E-state index in [-0.39, 0.29) is 11.9 Å². The molecular formula is C14H20N2O2. The molecular weight excluding hydrogens is 228 g/mol. The number of hydrogen-bond acceptors (Lipinski definition) is 3. The number of benzene rings is 1. The van der Waals surface area contributed by atoms with Crippen LogP contribution in [0.3, 0.4) is 0 Å². The van der Waals surface area contributed by atoms with E-state index in [0.29, 0.717) is 12.2 Å². The van der Waals surface area contributed by atoms with E-state index < -0.39 is 0 Å². The molecule has 2 rings (SSSR count). The number of rotatable bonds is 4. The van der Waals surface area contributed by atoms with Gasteiger partial charge in [0.15, 0.2) is 0 Å². The van der Waals surface area contributed by atoms with Gasteiger partial charge in [-0.3, -0.25) is 4.79 Å². The van der Waals surface area contributed by atoms with Crippen molar-refractivity contribution < 1.29 is 9.53 Å². The van der Waals surface area contributed by atoms with Gasteiger partial charge in [0.2, 0.25) is 0 Å². The zero-order valence-electron chi connectivity index (χ0n) is 10.7. The Balaban J connectivity index is 2.03. The molecule has 98 valence electrons. The van der Waals surface area contributed by atoms with Crippen molar-refractivity contribution in [2.45, 2.75) is 25.5 Å². The van der Waals surface area contributed by atoms with Gasteiger partial charge in [0.05, 0.1) is 6.61 Å². The van der Waals surface area contributed by atoms with Crippen molar-refractivity contribution in [3.05, 3.63) is 35.4 Å². The van der Waals surface area contributed by atoms with Crippen molar-refractivity contribution in [1.82, 2.24) is 10.6 Å². The molecule has 1 aliphatic rings. The molecule has 1 fully saturated rings. The SMILES string of the molecule is COCc1ccccc1C(=O)NC1CCCNC1. The molecule has 18 heavy (non-hydrogen) atoms. The van der Waals surface area contributed by atoms with E-state index >= 15 is 0 Å². The normalized spacial score (nSPS) is 19.5. The second kappa shape index (κ2) is 6.52. The van der Waals surface area contributed by atoms with Crippen LogP contribution in [0.4, 0.5) is 0 Å². The molecule has 0 spiro atoms. The van der Waals surface area contributed by atoms with E-state index in [9.17, 15) is 4.79 Å². The fraction of sp³-hybridized carbons (Fsp3) is 0.500. The van der Waals surface area contributed by atoms with E-state index in [1.165, 1.54) is 0 Å². The van der Waals surface area contributed by atoms with Crippen molar-refractivity contribution in [1.29, 1.82) is 0 Å². The third-order valence-corrected chi connectivity index (χ3v) is 3.19. The topological polar surface area (TPSA) is 50.4 Å². The molecule has 4 heteroatoms. The lowest BCUT2D eigenvalue weighted by Crippen LogP contribution is -2.45. The summed E-state index contributed by atoms with van der Waals surface area (Å²) in [6.45, 7) is 2.37. The Bertz CT molecular complexity index is 401. The van der Waals surface area contributed by atoms with Crippen molar-refractivity contribution in [3.63, 3.8) is 0 Å². The predicted octanol–water partition coefficient (Wildman–Crippen LogP) is 1.31. The van der Waals surface area contributed by atoms with Crippen LogP contribution in [-0.2, 0) is 11.3 Å². The van der Waals surface area contributed by atoms with Gasteiger partial charge in [-0.15, -0.1) is 0 Å². The Morgan fingerprint density at radius 3 is 3.06 bits per heavy atom. The molecule has 1 atom stereocenters. The maximum Gasteiger partial charge on any atom is 0.251 e. The molecule has 1 heterocycles. The standard InChI is InChI=1S/C14H20N2O2/c1-18-10-11-5-2-3-7-13(11)14(17)16-12-6-4-8-15-9-12/h2-3,5,7,12,15H,4,6,8-10H2,1H3,(H,16,17). The number of carbonyl (C=O) groups excluding carboxylic acids is 1. The van der Waals surface area contributed by atoms with Crippen LogP contribution in [-0.4, -0.2) is 32.1 Å². The number of amides is 1. The van der Waals surface area contributed by atoms with Crippen molar-refractivity contribution in [3.8, 4) is 0 Å². The van der Waals surface area contributed by atoms with Gasteiger partial charge in [-0.05, 0) is 31.0 Å². The molecule has 1 unspecified atom stereocenters. The van der Waals surface area contributed by atoms with Gasteiger partial charge >= 0.3 is 0 Å². The molecule has 1 amide bonds. The first-order chi connectivity index (χ1) is 8.81. The smallest absolute Gasteiger partial charge is 0.251 e. The maximum atomic E-state index is 12.2. The molecule has 0 saturated carbocycles. The van der Waals surface area contributed by atoms with Crippen molar-refractivity contribution in [2.75, 3.05) is 20.2 Å². The number of nitrogens with one attached hydrogen (secondary N) is 2. The summed E-state index contributed by atoms with van der Waals surface area (Å²) in [7, 11) is 1.64.